The molecule has 0 aliphatic heterocycles. The second-order valence-electron chi connectivity index (χ2n) is 3.08. The average molecular weight is 169 g/mol. The standard InChI is InChI=1S/C8H11NOS/c9-7-6(2-5-11-7)8(10)3-1-4-8/h2,5,10H,1,3-4,9H2. The summed E-state index contributed by atoms with van der Waals surface area (Å²) in [6, 6.07) is 1.93. The van der Waals surface area contributed by atoms with Gasteiger partial charge in [0, 0.05) is 5.56 Å². The molecule has 0 unspecified atom stereocenters. The van der Waals surface area contributed by atoms with Crippen molar-refractivity contribution in [1.82, 2.24) is 0 Å². The monoisotopic (exact) mass is 169 g/mol. The van der Waals surface area contributed by atoms with Crippen molar-refractivity contribution in [2.24, 2.45) is 0 Å². The van der Waals surface area contributed by atoms with Crippen LogP contribution >= 0.6 is 11.3 Å². The van der Waals surface area contributed by atoms with Gasteiger partial charge in [0.2, 0.25) is 0 Å². The number of anilines is 1. The number of nitrogen functional groups attached to an aromatic ring is 1. The van der Waals surface area contributed by atoms with Crippen molar-refractivity contribution in [2.75, 3.05) is 5.73 Å². The molecular weight excluding hydrogens is 158 g/mol. The Morgan fingerprint density at radius 2 is 2.27 bits per heavy atom. The number of aliphatic hydroxyl groups is 1. The first-order valence-electron chi connectivity index (χ1n) is 3.78. The van der Waals surface area contributed by atoms with E-state index in [1.54, 1.807) is 0 Å². The molecule has 1 aromatic rings. The molecule has 3 N–H and O–H groups in total. The molecule has 0 atom stereocenters. The molecule has 3 heteroatoms. The molecule has 0 bridgehead atoms. The first-order valence-corrected chi connectivity index (χ1v) is 4.66. The van der Waals surface area contributed by atoms with Gasteiger partial charge >= 0.3 is 0 Å². The highest BCUT2D eigenvalue weighted by atomic mass is 32.1. The fraction of sp³-hybridized carbons (Fsp3) is 0.500. The summed E-state index contributed by atoms with van der Waals surface area (Å²) in [6.07, 6.45) is 2.85. The molecule has 0 aromatic carbocycles. The molecule has 60 valence electrons. The van der Waals surface area contributed by atoms with E-state index < -0.39 is 5.60 Å². The minimum absolute atomic E-state index is 0.579. The van der Waals surface area contributed by atoms with Crippen LogP contribution < -0.4 is 5.73 Å². The summed E-state index contributed by atoms with van der Waals surface area (Å²) in [6.45, 7) is 0. The van der Waals surface area contributed by atoms with Gasteiger partial charge in [-0.05, 0) is 30.7 Å². The molecule has 0 saturated heterocycles. The Hall–Kier alpha value is -0.540. The van der Waals surface area contributed by atoms with Gasteiger partial charge in [-0.2, -0.15) is 0 Å². The van der Waals surface area contributed by atoms with Crippen LogP contribution in [0.1, 0.15) is 24.8 Å². The number of rotatable bonds is 1. The Bertz CT molecular complexity index is 265. The van der Waals surface area contributed by atoms with Crippen LogP contribution in [0.4, 0.5) is 5.00 Å². The summed E-state index contributed by atoms with van der Waals surface area (Å²) >= 11 is 1.50. The third-order valence-corrected chi connectivity index (χ3v) is 3.12. The van der Waals surface area contributed by atoms with Gasteiger partial charge in [-0.3, -0.25) is 0 Å². The molecule has 2 nitrogen and oxygen atoms in total. The van der Waals surface area contributed by atoms with Crippen molar-refractivity contribution >= 4 is 16.3 Å². The average Bonchev–Trinajstić information content (AvgIpc) is 2.30. The van der Waals surface area contributed by atoms with E-state index in [0.29, 0.717) is 0 Å². The molecule has 1 aliphatic carbocycles. The predicted octanol–water partition coefficient (Wildman–Crippen LogP) is 1.70. The molecular formula is C8H11NOS. The fourth-order valence-corrected chi connectivity index (χ4v) is 2.22. The third kappa shape index (κ3) is 0.957. The highest BCUT2D eigenvalue weighted by Crippen LogP contribution is 2.44. The maximum atomic E-state index is 9.88. The van der Waals surface area contributed by atoms with E-state index in [2.05, 4.69) is 0 Å². The molecule has 1 aromatic heterocycles. The van der Waals surface area contributed by atoms with Crippen LogP contribution in [0, 0.1) is 0 Å². The summed E-state index contributed by atoms with van der Waals surface area (Å²) in [5.74, 6) is 0. The van der Waals surface area contributed by atoms with Gasteiger partial charge in [-0.1, -0.05) is 0 Å². The summed E-state index contributed by atoms with van der Waals surface area (Å²) in [5, 5.41) is 12.6. The Morgan fingerprint density at radius 3 is 2.64 bits per heavy atom. The SMILES string of the molecule is Nc1sccc1C1(O)CCC1. The van der Waals surface area contributed by atoms with Crippen LogP contribution in [-0.2, 0) is 5.60 Å². The molecule has 1 aliphatic rings. The Labute approximate surface area is 69.7 Å². The smallest absolute Gasteiger partial charge is 0.0924 e. The molecule has 11 heavy (non-hydrogen) atoms. The van der Waals surface area contributed by atoms with Crippen molar-refractivity contribution in [3.63, 3.8) is 0 Å². The van der Waals surface area contributed by atoms with Crippen LogP contribution in [0.2, 0.25) is 0 Å². The van der Waals surface area contributed by atoms with Crippen LogP contribution in [0.15, 0.2) is 11.4 Å². The topological polar surface area (TPSA) is 46.2 Å². The minimum atomic E-state index is -0.579. The lowest BCUT2D eigenvalue weighted by Crippen LogP contribution is -2.33. The molecule has 1 saturated carbocycles. The molecule has 1 heterocycles. The van der Waals surface area contributed by atoms with E-state index in [1.807, 2.05) is 11.4 Å². The summed E-state index contributed by atoms with van der Waals surface area (Å²) in [5.41, 5.74) is 6.05. The van der Waals surface area contributed by atoms with Gasteiger partial charge in [0.15, 0.2) is 0 Å². The van der Waals surface area contributed by atoms with Crippen molar-refractivity contribution < 1.29 is 5.11 Å². The van der Waals surface area contributed by atoms with Gasteiger partial charge in [-0.15, -0.1) is 11.3 Å². The first-order chi connectivity index (χ1) is 5.22. The number of nitrogens with two attached hydrogens (primary N) is 1. The highest BCUT2D eigenvalue weighted by molar-refractivity contribution is 7.14. The lowest BCUT2D eigenvalue weighted by molar-refractivity contribution is -0.0377. The van der Waals surface area contributed by atoms with E-state index in [4.69, 9.17) is 5.73 Å². The number of thiophene rings is 1. The normalized spacial score (nSPS) is 21.2. The van der Waals surface area contributed by atoms with Gasteiger partial charge in [0.1, 0.15) is 0 Å². The van der Waals surface area contributed by atoms with Crippen LogP contribution in [0.5, 0.6) is 0 Å². The maximum Gasteiger partial charge on any atom is 0.0924 e. The van der Waals surface area contributed by atoms with Gasteiger partial charge < -0.3 is 10.8 Å². The quantitative estimate of drug-likeness (QED) is 0.672. The largest absolute Gasteiger partial charge is 0.390 e. The number of hydrogen-bond acceptors (Lipinski definition) is 3. The van der Waals surface area contributed by atoms with E-state index in [9.17, 15) is 5.11 Å². The summed E-state index contributed by atoms with van der Waals surface area (Å²) in [4.78, 5) is 0. The van der Waals surface area contributed by atoms with E-state index in [1.165, 1.54) is 11.3 Å². The van der Waals surface area contributed by atoms with Gasteiger partial charge in [-0.25, -0.2) is 0 Å². The zero-order valence-corrected chi connectivity index (χ0v) is 7.03. The van der Waals surface area contributed by atoms with Crippen molar-refractivity contribution in [3.05, 3.63) is 17.0 Å². The van der Waals surface area contributed by atoms with E-state index in [0.717, 1.165) is 29.8 Å². The van der Waals surface area contributed by atoms with E-state index >= 15 is 0 Å². The second kappa shape index (κ2) is 2.22. The lowest BCUT2D eigenvalue weighted by Gasteiger charge is -2.36. The Kier molecular flexibility index (Phi) is 1.44. The van der Waals surface area contributed by atoms with Gasteiger partial charge in [0.25, 0.3) is 0 Å². The van der Waals surface area contributed by atoms with E-state index in [-0.39, 0.29) is 0 Å². The molecule has 0 radical (unpaired) electrons. The maximum absolute atomic E-state index is 9.88. The predicted molar refractivity (Wildman–Crippen MR) is 46.5 cm³/mol. The van der Waals surface area contributed by atoms with Crippen molar-refractivity contribution in [1.29, 1.82) is 0 Å². The summed E-state index contributed by atoms with van der Waals surface area (Å²) < 4.78 is 0. The summed E-state index contributed by atoms with van der Waals surface area (Å²) in [7, 11) is 0. The number of hydrogen-bond donors (Lipinski definition) is 2. The first kappa shape index (κ1) is 7.13. The van der Waals surface area contributed by atoms with Gasteiger partial charge in [0.05, 0.1) is 10.6 Å². The van der Waals surface area contributed by atoms with Crippen LogP contribution in [0.3, 0.4) is 0 Å². The fourth-order valence-electron chi connectivity index (χ4n) is 1.49. The molecule has 0 amide bonds. The second-order valence-corrected chi connectivity index (χ2v) is 4.03. The zero-order valence-electron chi connectivity index (χ0n) is 6.21. The molecule has 2 rings (SSSR count). The van der Waals surface area contributed by atoms with Crippen molar-refractivity contribution in [3.8, 4) is 0 Å². The lowest BCUT2D eigenvalue weighted by atomic mass is 9.76. The Morgan fingerprint density at radius 1 is 1.55 bits per heavy atom. The molecule has 1 fully saturated rings. The Balaban J connectivity index is 2.35. The van der Waals surface area contributed by atoms with Crippen LogP contribution in [-0.4, -0.2) is 5.11 Å². The molecule has 0 spiro atoms. The van der Waals surface area contributed by atoms with Crippen LogP contribution in [0.25, 0.3) is 0 Å². The zero-order chi connectivity index (χ0) is 7.90. The third-order valence-electron chi connectivity index (χ3n) is 2.38. The van der Waals surface area contributed by atoms with Crippen molar-refractivity contribution in [2.45, 2.75) is 24.9 Å². The minimum Gasteiger partial charge on any atom is -0.390 e. The highest BCUT2D eigenvalue weighted by Gasteiger charge is 2.37.